The molecule has 18 nitrogen and oxygen atoms in total. The quantitative estimate of drug-likeness (QED) is 0.0427. The van der Waals surface area contributed by atoms with Crippen molar-refractivity contribution >= 4 is 114 Å². The van der Waals surface area contributed by atoms with Gasteiger partial charge in [0.15, 0.2) is 0 Å². The van der Waals surface area contributed by atoms with Crippen LogP contribution in [0.5, 0.6) is 5.75 Å². The molecule has 6 heterocycles. The number of carbonyl (C=O) groups excluding carboxylic acids is 4. The maximum absolute atomic E-state index is 13.7. The summed E-state index contributed by atoms with van der Waals surface area (Å²) < 4.78 is 79.5. The molecule has 12 aromatic rings. The first-order valence-corrected chi connectivity index (χ1v) is 34.5. The van der Waals surface area contributed by atoms with Gasteiger partial charge in [0, 0.05) is 145 Å². The standard InChI is InChI=1S/C21H21ClF2N2O2.C21H21ClN2O3.C19H18ClFN2O2.C17H17ClN2O3/c1-21(23,24)15-8-6-14(7-9-15)12-25-20(27)16-13-26(10-11-28-2)18-5-3-4-17(22)19(16)18;1-26-10-8-24-13-16(20-17(22)3-2-4-18(20)24)21(25)23-12-14-5-6-15-7-9-27-19(15)11-14;1-25-10-9-23-12-14(18-15(20)6-4-8-17(18)23)19(24)22-11-13-5-2-3-7-16(13)21;1-22-9-7-20-11-13(16-14(18)5-2-6-15(16)20)17(21)19-10-12-4-3-8-23-12/h3-9,13H,10-12H2,1-2H3,(H,25,27);2-6,11,13H,7-10,12H2,1H3,(H,23,25);2-8,12H,9-11H2,1H3,(H,22,24);2-6,8,11H,7,9-10H2,1H3,(H,19,21). The maximum atomic E-state index is 13.7. The summed E-state index contributed by atoms with van der Waals surface area (Å²) in [6, 6.07) is 44.2. The number of carbonyl (C=O) groups is 4. The van der Waals surface area contributed by atoms with Crippen LogP contribution in [-0.2, 0) is 83.6 Å². The second kappa shape index (κ2) is 36.0. The number of hydrogen-bond donors (Lipinski definition) is 4. The molecule has 103 heavy (non-hydrogen) atoms. The molecular weight excluding hydrogens is 1410 g/mol. The third-order valence-corrected chi connectivity index (χ3v) is 18.3. The summed E-state index contributed by atoms with van der Waals surface area (Å²) in [6.45, 7) is 7.34. The molecule has 0 atom stereocenters. The van der Waals surface area contributed by atoms with Crippen LogP contribution in [-0.4, -0.2) is 103 Å². The number of hydrogen-bond acceptors (Lipinski definition) is 10. The summed E-state index contributed by atoms with van der Waals surface area (Å²) in [5.74, 6) is -2.52. The highest BCUT2D eigenvalue weighted by Gasteiger charge is 2.25. The highest BCUT2D eigenvalue weighted by Crippen LogP contribution is 2.34. The molecule has 0 saturated carbocycles. The van der Waals surface area contributed by atoms with E-state index >= 15 is 0 Å². The summed E-state index contributed by atoms with van der Waals surface area (Å²) in [6.07, 6.45) is 9.69. The van der Waals surface area contributed by atoms with Crippen LogP contribution in [0.3, 0.4) is 0 Å². The van der Waals surface area contributed by atoms with Crippen LogP contribution in [0, 0.1) is 5.82 Å². The second-order valence-corrected chi connectivity index (χ2v) is 25.6. The summed E-state index contributed by atoms with van der Waals surface area (Å²) in [5.41, 5.74) is 8.95. The number of furan rings is 1. The number of alkyl halides is 2. The average molecular weight is 1490 g/mol. The van der Waals surface area contributed by atoms with Crippen LogP contribution in [0.4, 0.5) is 13.2 Å². The number of halogens is 7. The summed E-state index contributed by atoms with van der Waals surface area (Å²) in [5, 5.41) is 16.5. The van der Waals surface area contributed by atoms with E-state index in [0.29, 0.717) is 130 Å². The molecule has 0 fully saturated rings. The Balaban J connectivity index is 0.000000148. The lowest BCUT2D eigenvalue weighted by Gasteiger charge is -2.11. The minimum Gasteiger partial charge on any atom is -0.493 e. The van der Waals surface area contributed by atoms with Gasteiger partial charge in [-0.15, -0.1) is 0 Å². The number of benzene rings is 7. The van der Waals surface area contributed by atoms with Crippen molar-refractivity contribution in [3.63, 3.8) is 0 Å². The van der Waals surface area contributed by atoms with Crippen LogP contribution in [0.15, 0.2) is 187 Å². The van der Waals surface area contributed by atoms with E-state index < -0.39 is 5.92 Å². The van der Waals surface area contributed by atoms with E-state index in [0.717, 1.165) is 69.7 Å². The van der Waals surface area contributed by atoms with Crippen LogP contribution in [0.25, 0.3) is 43.6 Å². The number of aromatic nitrogens is 4. The molecule has 7 aromatic carbocycles. The molecule has 0 aliphatic carbocycles. The van der Waals surface area contributed by atoms with Crippen LogP contribution in [0.1, 0.15) is 81.9 Å². The number of nitrogens with one attached hydrogen (secondary N) is 4. The number of methoxy groups -OCH3 is 4. The van der Waals surface area contributed by atoms with E-state index in [4.69, 9.17) is 74.5 Å². The third-order valence-electron chi connectivity index (χ3n) is 17.1. The average Bonchev–Trinajstić information content (AvgIpc) is 1.66. The Morgan fingerprint density at radius 2 is 0.854 bits per heavy atom. The Kier molecular flexibility index (Phi) is 26.6. The van der Waals surface area contributed by atoms with Gasteiger partial charge in [-0.25, -0.2) is 13.2 Å². The molecule has 0 spiro atoms. The van der Waals surface area contributed by atoms with E-state index in [1.807, 2.05) is 97.4 Å². The van der Waals surface area contributed by atoms with E-state index in [2.05, 4.69) is 27.3 Å². The van der Waals surface area contributed by atoms with Crippen molar-refractivity contribution in [1.29, 1.82) is 0 Å². The Bertz CT molecular complexity index is 4910. The molecule has 1 aliphatic heterocycles. The Labute approximate surface area is 613 Å². The van der Waals surface area contributed by atoms with E-state index in [9.17, 15) is 32.3 Å². The van der Waals surface area contributed by atoms with Gasteiger partial charge in [0.25, 0.3) is 29.6 Å². The molecule has 4 N–H and O–H groups in total. The Hall–Kier alpha value is -9.55. The molecular formula is C78H77Cl4F3N8O10. The van der Waals surface area contributed by atoms with Crippen molar-refractivity contribution in [2.24, 2.45) is 0 Å². The predicted octanol–water partition coefficient (Wildman–Crippen LogP) is 16.3. The highest BCUT2D eigenvalue weighted by atomic mass is 35.5. The SMILES string of the molecule is COCCn1cc(C(=O)NCc2ccc(C(C)(F)F)cc2)c2c(Cl)cccc21.COCCn1cc(C(=O)NCc2ccc3c(c2)OCC3)c2c(Cl)cccc21.COCCn1cc(C(=O)NCc2ccccc2F)c2c(Cl)cccc21.COCCn1cc(C(=O)NCc2ccco2)c2c(Cl)cccc21. The number of rotatable bonds is 25. The van der Waals surface area contributed by atoms with Gasteiger partial charge in [-0.2, -0.15) is 0 Å². The molecule has 1 aliphatic rings. The number of amides is 4. The van der Waals surface area contributed by atoms with Crippen molar-refractivity contribution in [3.8, 4) is 5.75 Å². The van der Waals surface area contributed by atoms with Crippen molar-refractivity contribution in [1.82, 2.24) is 39.5 Å². The van der Waals surface area contributed by atoms with Gasteiger partial charge in [0.2, 0.25) is 0 Å². The van der Waals surface area contributed by atoms with Gasteiger partial charge in [-0.05, 0) is 89.5 Å². The van der Waals surface area contributed by atoms with Crippen LogP contribution < -0.4 is 26.0 Å². The zero-order valence-corrected chi connectivity index (χ0v) is 60.3. The molecule has 25 heteroatoms. The molecule has 0 unspecified atom stereocenters. The van der Waals surface area contributed by atoms with Crippen molar-refractivity contribution in [2.45, 2.75) is 71.6 Å². The van der Waals surface area contributed by atoms with Gasteiger partial charge in [-0.1, -0.05) is 125 Å². The normalized spacial score (nSPS) is 11.7. The van der Waals surface area contributed by atoms with Gasteiger partial charge < -0.3 is 67.6 Å². The van der Waals surface area contributed by atoms with Crippen molar-refractivity contribution in [2.75, 3.05) is 61.5 Å². The molecule has 13 rings (SSSR count). The first-order valence-electron chi connectivity index (χ1n) is 33.0. The summed E-state index contributed by atoms with van der Waals surface area (Å²) in [4.78, 5) is 50.8. The molecule has 538 valence electrons. The number of fused-ring (bicyclic) bond motifs is 5. The summed E-state index contributed by atoms with van der Waals surface area (Å²) in [7, 11) is 6.55. The van der Waals surface area contributed by atoms with E-state index in [-0.39, 0.29) is 48.1 Å². The maximum Gasteiger partial charge on any atom is 0.270 e. The smallest absolute Gasteiger partial charge is 0.270 e. The lowest BCUT2D eigenvalue weighted by Crippen LogP contribution is -2.23. The monoisotopic (exact) mass is 1480 g/mol. The minimum atomic E-state index is -2.89. The molecule has 0 bridgehead atoms. The summed E-state index contributed by atoms with van der Waals surface area (Å²) >= 11 is 25.4. The number of nitrogens with zero attached hydrogens (tertiary/aromatic N) is 4. The minimum absolute atomic E-state index is 0.0597. The number of ether oxygens (including phenoxy) is 5. The van der Waals surface area contributed by atoms with E-state index in [1.54, 1.807) is 108 Å². The Morgan fingerprint density at radius 3 is 1.24 bits per heavy atom. The van der Waals surface area contributed by atoms with Crippen LogP contribution in [0.2, 0.25) is 20.1 Å². The predicted molar refractivity (Wildman–Crippen MR) is 397 cm³/mol. The zero-order valence-electron chi connectivity index (χ0n) is 57.2. The van der Waals surface area contributed by atoms with Crippen molar-refractivity contribution < 1.29 is 60.5 Å². The second-order valence-electron chi connectivity index (χ2n) is 24.0. The topological polar surface area (TPSA) is 195 Å². The lowest BCUT2D eigenvalue weighted by molar-refractivity contribution is 0.0174. The fourth-order valence-corrected chi connectivity index (χ4v) is 12.9. The van der Waals surface area contributed by atoms with Gasteiger partial charge in [-0.3, -0.25) is 19.2 Å². The fourth-order valence-electron chi connectivity index (χ4n) is 11.8. The van der Waals surface area contributed by atoms with Crippen molar-refractivity contribution in [3.05, 3.63) is 264 Å². The third kappa shape index (κ3) is 19.0. The molecule has 0 saturated heterocycles. The first kappa shape index (κ1) is 76.1. The first-order chi connectivity index (χ1) is 49.8. The molecule has 0 radical (unpaired) electrons. The molecule has 4 amide bonds. The molecule has 5 aromatic heterocycles. The fraction of sp³-hybridized carbons (Fsp3) is 0.256. The lowest BCUT2D eigenvalue weighted by atomic mass is 10.1. The van der Waals surface area contributed by atoms with Gasteiger partial charge in [0.05, 0.1) is 110 Å². The van der Waals surface area contributed by atoms with Gasteiger partial charge in [0.1, 0.15) is 17.3 Å². The van der Waals surface area contributed by atoms with Gasteiger partial charge >= 0.3 is 0 Å². The Morgan fingerprint density at radius 1 is 0.466 bits per heavy atom. The largest absolute Gasteiger partial charge is 0.493 e. The van der Waals surface area contributed by atoms with E-state index in [1.165, 1.54) is 23.8 Å². The van der Waals surface area contributed by atoms with Crippen LogP contribution >= 0.6 is 46.4 Å². The zero-order chi connectivity index (χ0) is 73.2. The highest BCUT2D eigenvalue weighted by molar-refractivity contribution is 6.38.